The van der Waals surface area contributed by atoms with E-state index in [0.717, 1.165) is 12.8 Å². The minimum atomic E-state index is -0.780. The Morgan fingerprint density at radius 2 is 1.92 bits per heavy atom. The maximum atomic E-state index is 9.68. The van der Waals surface area contributed by atoms with Gasteiger partial charge in [-0.3, -0.25) is 4.90 Å². The van der Waals surface area contributed by atoms with Crippen LogP contribution in [0.4, 0.5) is 0 Å². The quantitative estimate of drug-likeness (QED) is 0.489. The van der Waals surface area contributed by atoms with Crippen molar-refractivity contribution in [2.24, 2.45) is 0 Å². The number of hydrogen-bond donors (Lipinski definition) is 3. The molecule has 0 radical (unpaired) electrons. The molecule has 0 aromatic rings. The van der Waals surface area contributed by atoms with Crippen LogP contribution in [0.5, 0.6) is 0 Å². The van der Waals surface area contributed by atoms with Crippen molar-refractivity contribution in [1.82, 2.24) is 4.90 Å². The minimum Gasteiger partial charge on any atom is -0.395 e. The lowest BCUT2D eigenvalue weighted by atomic mass is 10.0. The van der Waals surface area contributed by atoms with Crippen LogP contribution in [0.1, 0.15) is 19.8 Å². The zero-order chi connectivity index (χ0) is 9.59. The fourth-order valence-electron chi connectivity index (χ4n) is 2.79. The molecule has 4 nitrogen and oxygen atoms in total. The van der Waals surface area contributed by atoms with Crippen LogP contribution < -0.4 is 0 Å². The molecule has 13 heavy (non-hydrogen) atoms. The molecule has 76 valence electrons. The van der Waals surface area contributed by atoms with Gasteiger partial charge >= 0.3 is 0 Å². The lowest BCUT2D eigenvalue weighted by Crippen LogP contribution is -2.42. The van der Waals surface area contributed by atoms with Gasteiger partial charge in [-0.05, 0) is 19.8 Å². The van der Waals surface area contributed by atoms with Gasteiger partial charge in [-0.15, -0.1) is 0 Å². The standard InChI is InChI=1S/C9H17NO3/c1-5-2-3-6-8(12)9(13)7(4-11)10(5)6/h5-9,11-13H,2-4H2,1H3/t5-,6+,7+,8+,9-/m1/s1. The predicted molar refractivity (Wildman–Crippen MR) is 47.2 cm³/mol. The molecule has 0 aromatic carbocycles. The summed E-state index contributed by atoms with van der Waals surface area (Å²) in [6, 6.07) is 0.161. The minimum absolute atomic E-state index is 0.0575. The Kier molecular flexibility index (Phi) is 2.32. The summed E-state index contributed by atoms with van der Waals surface area (Å²) in [7, 11) is 0. The van der Waals surface area contributed by atoms with E-state index in [1.54, 1.807) is 0 Å². The molecule has 0 spiro atoms. The summed E-state index contributed by atoms with van der Waals surface area (Å²) in [4.78, 5) is 2.06. The Morgan fingerprint density at radius 1 is 1.23 bits per heavy atom. The van der Waals surface area contributed by atoms with Crippen LogP contribution >= 0.6 is 0 Å². The first-order valence-electron chi connectivity index (χ1n) is 4.91. The van der Waals surface area contributed by atoms with Crippen molar-refractivity contribution in [3.8, 4) is 0 Å². The molecule has 2 saturated heterocycles. The van der Waals surface area contributed by atoms with E-state index in [1.807, 2.05) is 0 Å². The number of aliphatic hydroxyl groups is 3. The van der Waals surface area contributed by atoms with E-state index in [4.69, 9.17) is 5.11 Å². The Labute approximate surface area is 77.8 Å². The highest BCUT2D eigenvalue weighted by Crippen LogP contribution is 2.36. The largest absolute Gasteiger partial charge is 0.395 e. The molecule has 2 fully saturated rings. The van der Waals surface area contributed by atoms with Crippen LogP contribution in [0.15, 0.2) is 0 Å². The maximum Gasteiger partial charge on any atom is 0.0991 e. The van der Waals surface area contributed by atoms with E-state index < -0.39 is 12.2 Å². The van der Waals surface area contributed by atoms with Crippen LogP contribution in [0.2, 0.25) is 0 Å². The van der Waals surface area contributed by atoms with Crippen molar-refractivity contribution in [3.05, 3.63) is 0 Å². The second kappa shape index (κ2) is 3.20. The van der Waals surface area contributed by atoms with E-state index in [9.17, 15) is 10.2 Å². The van der Waals surface area contributed by atoms with Gasteiger partial charge in [0.25, 0.3) is 0 Å². The van der Waals surface area contributed by atoms with Crippen molar-refractivity contribution in [2.45, 2.75) is 50.1 Å². The molecular formula is C9H17NO3. The molecule has 2 heterocycles. The van der Waals surface area contributed by atoms with Crippen LogP contribution in [-0.2, 0) is 0 Å². The first-order valence-corrected chi connectivity index (χ1v) is 4.91. The fraction of sp³-hybridized carbons (Fsp3) is 1.00. The molecule has 2 aliphatic heterocycles. The van der Waals surface area contributed by atoms with E-state index in [1.165, 1.54) is 0 Å². The zero-order valence-corrected chi connectivity index (χ0v) is 7.80. The molecular weight excluding hydrogens is 170 g/mol. The molecule has 0 amide bonds. The van der Waals surface area contributed by atoms with E-state index in [2.05, 4.69) is 11.8 Å². The first-order chi connectivity index (χ1) is 6.16. The summed E-state index contributed by atoms with van der Waals surface area (Å²) in [5.41, 5.74) is 0. The van der Waals surface area contributed by atoms with Gasteiger partial charge in [0, 0.05) is 12.1 Å². The summed E-state index contributed by atoms with van der Waals surface area (Å²) in [6.45, 7) is 2.01. The van der Waals surface area contributed by atoms with Crippen molar-refractivity contribution in [3.63, 3.8) is 0 Å². The van der Waals surface area contributed by atoms with Crippen LogP contribution in [0.25, 0.3) is 0 Å². The smallest absolute Gasteiger partial charge is 0.0991 e. The molecule has 2 rings (SSSR count). The summed E-state index contributed by atoms with van der Waals surface area (Å²) in [6.07, 6.45) is 0.515. The average molecular weight is 187 g/mol. The van der Waals surface area contributed by atoms with Crippen LogP contribution in [-0.4, -0.2) is 57.2 Å². The number of fused-ring (bicyclic) bond motifs is 1. The lowest BCUT2D eigenvalue weighted by Gasteiger charge is -2.27. The number of rotatable bonds is 1. The number of aliphatic hydroxyl groups excluding tert-OH is 3. The van der Waals surface area contributed by atoms with Gasteiger partial charge in [0.05, 0.1) is 24.9 Å². The molecule has 0 aliphatic carbocycles. The van der Waals surface area contributed by atoms with Gasteiger partial charge in [-0.25, -0.2) is 0 Å². The van der Waals surface area contributed by atoms with E-state index in [-0.39, 0.29) is 18.7 Å². The monoisotopic (exact) mass is 187 g/mol. The van der Waals surface area contributed by atoms with Crippen LogP contribution in [0, 0.1) is 0 Å². The normalized spacial score (nSPS) is 51.2. The Bertz CT molecular complexity index is 197. The molecule has 0 bridgehead atoms. The van der Waals surface area contributed by atoms with Crippen molar-refractivity contribution in [1.29, 1.82) is 0 Å². The Balaban J connectivity index is 2.20. The fourth-order valence-corrected chi connectivity index (χ4v) is 2.79. The van der Waals surface area contributed by atoms with Gasteiger partial charge in [0.15, 0.2) is 0 Å². The molecule has 4 heteroatoms. The number of nitrogens with zero attached hydrogens (tertiary/aromatic N) is 1. The second-order valence-electron chi connectivity index (χ2n) is 4.17. The third-order valence-corrected chi connectivity index (χ3v) is 3.48. The Hall–Kier alpha value is -0.160. The van der Waals surface area contributed by atoms with Crippen molar-refractivity contribution < 1.29 is 15.3 Å². The summed E-state index contributed by atoms with van der Waals surface area (Å²) < 4.78 is 0. The summed E-state index contributed by atoms with van der Waals surface area (Å²) in [5, 5.41) is 28.4. The van der Waals surface area contributed by atoms with Crippen molar-refractivity contribution in [2.75, 3.05) is 6.61 Å². The highest BCUT2D eigenvalue weighted by atomic mass is 16.3. The molecule has 2 aliphatic rings. The van der Waals surface area contributed by atoms with E-state index >= 15 is 0 Å². The summed E-state index contributed by atoms with van der Waals surface area (Å²) >= 11 is 0. The van der Waals surface area contributed by atoms with Gasteiger partial charge in [0.2, 0.25) is 0 Å². The average Bonchev–Trinajstić information content (AvgIpc) is 2.58. The van der Waals surface area contributed by atoms with Gasteiger partial charge in [-0.1, -0.05) is 0 Å². The third-order valence-electron chi connectivity index (χ3n) is 3.48. The van der Waals surface area contributed by atoms with Crippen molar-refractivity contribution >= 4 is 0 Å². The molecule has 5 atom stereocenters. The number of hydrogen-bond acceptors (Lipinski definition) is 4. The zero-order valence-electron chi connectivity index (χ0n) is 7.80. The highest BCUT2D eigenvalue weighted by molar-refractivity contribution is 5.05. The Morgan fingerprint density at radius 3 is 2.54 bits per heavy atom. The SMILES string of the molecule is C[C@@H]1CC[C@H]2[C@H](O)[C@H](O)[C@H](CO)N12. The van der Waals surface area contributed by atoms with E-state index in [0.29, 0.717) is 6.04 Å². The van der Waals surface area contributed by atoms with Gasteiger partial charge in [-0.2, -0.15) is 0 Å². The summed E-state index contributed by atoms with van der Waals surface area (Å²) in [5.74, 6) is 0. The highest BCUT2D eigenvalue weighted by Gasteiger charge is 2.51. The third kappa shape index (κ3) is 1.21. The predicted octanol–water partition coefficient (Wildman–Crippen LogP) is -1.06. The van der Waals surface area contributed by atoms with Gasteiger partial charge in [0.1, 0.15) is 0 Å². The topological polar surface area (TPSA) is 63.9 Å². The van der Waals surface area contributed by atoms with Gasteiger partial charge < -0.3 is 15.3 Å². The molecule has 3 N–H and O–H groups in total. The maximum absolute atomic E-state index is 9.68. The first kappa shape index (κ1) is 9.40. The molecule has 0 unspecified atom stereocenters. The molecule has 0 saturated carbocycles. The second-order valence-corrected chi connectivity index (χ2v) is 4.17. The lowest BCUT2D eigenvalue weighted by molar-refractivity contribution is 0.0132. The van der Waals surface area contributed by atoms with Crippen LogP contribution in [0.3, 0.4) is 0 Å². The molecule has 0 aromatic heterocycles.